The monoisotopic (exact) mass is 282 g/mol. The van der Waals surface area contributed by atoms with E-state index < -0.39 is 11.9 Å². The molecule has 5 heteroatoms. The average molecular weight is 282 g/mol. The molecule has 4 nitrogen and oxygen atoms in total. The minimum atomic E-state index is -0.682. The van der Waals surface area contributed by atoms with Crippen molar-refractivity contribution in [2.24, 2.45) is 0 Å². The maximum Gasteiger partial charge on any atom is 0.141 e. The van der Waals surface area contributed by atoms with Crippen molar-refractivity contribution in [3.8, 4) is 0 Å². The van der Waals surface area contributed by atoms with Gasteiger partial charge in [0.15, 0.2) is 0 Å². The molecule has 1 fully saturated rings. The Bertz CT molecular complexity index is 393. The molecule has 0 saturated heterocycles. The molecule has 1 atom stereocenters. The number of halogens is 1. The maximum absolute atomic E-state index is 12.8. The number of aliphatic hydroxyl groups excluding tert-OH is 2. The van der Waals surface area contributed by atoms with Crippen molar-refractivity contribution in [2.45, 2.75) is 44.2 Å². The van der Waals surface area contributed by atoms with Gasteiger partial charge >= 0.3 is 0 Å². The summed E-state index contributed by atoms with van der Waals surface area (Å²) in [5, 5.41) is 19.2. The van der Waals surface area contributed by atoms with Crippen LogP contribution in [0.2, 0.25) is 0 Å². The van der Waals surface area contributed by atoms with Gasteiger partial charge in [0.2, 0.25) is 0 Å². The van der Waals surface area contributed by atoms with Gasteiger partial charge in [0.05, 0.1) is 24.6 Å². The van der Waals surface area contributed by atoms with Gasteiger partial charge in [0, 0.05) is 19.1 Å². The SMILES string of the molecule is OCCN(CCC(O)c1ccc(F)cn1)C1CCCC1. The second kappa shape index (κ2) is 7.67. The fourth-order valence-corrected chi connectivity index (χ4v) is 2.90. The van der Waals surface area contributed by atoms with Gasteiger partial charge in [0.1, 0.15) is 5.82 Å². The van der Waals surface area contributed by atoms with Gasteiger partial charge in [-0.05, 0) is 31.4 Å². The third-order valence-corrected chi connectivity index (χ3v) is 4.01. The van der Waals surface area contributed by atoms with E-state index in [0.717, 1.165) is 12.7 Å². The zero-order valence-electron chi connectivity index (χ0n) is 11.7. The summed E-state index contributed by atoms with van der Waals surface area (Å²) >= 11 is 0. The molecule has 0 bridgehead atoms. The Morgan fingerprint density at radius 2 is 2.05 bits per heavy atom. The van der Waals surface area contributed by atoms with Crippen LogP contribution >= 0.6 is 0 Å². The second-order valence-electron chi connectivity index (χ2n) is 5.40. The van der Waals surface area contributed by atoms with E-state index in [1.165, 1.54) is 37.8 Å². The smallest absolute Gasteiger partial charge is 0.141 e. The molecule has 1 unspecified atom stereocenters. The van der Waals surface area contributed by atoms with Crippen molar-refractivity contribution >= 4 is 0 Å². The fraction of sp³-hybridized carbons (Fsp3) is 0.667. The maximum atomic E-state index is 12.8. The van der Waals surface area contributed by atoms with Gasteiger partial charge in [-0.25, -0.2) is 4.39 Å². The highest BCUT2D eigenvalue weighted by Gasteiger charge is 2.22. The molecule has 1 aliphatic rings. The molecule has 0 spiro atoms. The lowest BCUT2D eigenvalue weighted by molar-refractivity contribution is 0.106. The second-order valence-corrected chi connectivity index (χ2v) is 5.40. The molecular weight excluding hydrogens is 259 g/mol. The first-order valence-corrected chi connectivity index (χ1v) is 7.35. The van der Waals surface area contributed by atoms with Crippen LogP contribution < -0.4 is 0 Å². The molecule has 1 aliphatic carbocycles. The summed E-state index contributed by atoms with van der Waals surface area (Å²) in [5.41, 5.74) is 0.502. The molecule has 112 valence electrons. The molecular formula is C15H23FN2O2. The summed E-state index contributed by atoms with van der Waals surface area (Å²) in [7, 11) is 0. The molecule has 2 N–H and O–H groups in total. The van der Waals surface area contributed by atoms with Crippen molar-refractivity contribution in [2.75, 3.05) is 19.7 Å². The summed E-state index contributed by atoms with van der Waals surface area (Å²) in [4.78, 5) is 6.16. The predicted octanol–water partition coefficient (Wildman–Crippen LogP) is 1.88. The highest BCUT2D eigenvalue weighted by Crippen LogP contribution is 2.24. The molecule has 1 aromatic rings. The molecule has 20 heavy (non-hydrogen) atoms. The van der Waals surface area contributed by atoms with Crippen LogP contribution in [0.15, 0.2) is 18.3 Å². The average Bonchev–Trinajstić information content (AvgIpc) is 2.98. The van der Waals surface area contributed by atoms with Crippen LogP contribution in [0.5, 0.6) is 0 Å². The van der Waals surface area contributed by atoms with Crippen molar-refractivity contribution < 1.29 is 14.6 Å². The summed E-state index contributed by atoms with van der Waals surface area (Å²) in [6, 6.07) is 3.36. The Hall–Kier alpha value is -1.04. The highest BCUT2D eigenvalue weighted by atomic mass is 19.1. The Kier molecular flexibility index (Phi) is 5.88. The lowest BCUT2D eigenvalue weighted by Crippen LogP contribution is -2.37. The van der Waals surface area contributed by atoms with Crippen LogP contribution in [-0.2, 0) is 0 Å². The van der Waals surface area contributed by atoms with E-state index in [-0.39, 0.29) is 6.61 Å². The van der Waals surface area contributed by atoms with Crippen LogP contribution in [-0.4, -0.2) is 45.8 Å². The third kappa shape index (κ3) is 4.23. The quantitative estimate of drug-likeness (QED) is 0.802. The Balaban J connectivity index is 1.86. The van der Waals surface area contributed by atoms with E-state index in [1.54, 1.807) is 0 Å². The molecule has 0 aliphatic heterocycles. The summed E-state index contributed by atoms with van der Waals surface area (Å²) in [5.74, 6) is -0.395. The number of nitrogens with zero attached hydrogens (tertiary/aromatic N) is 2. The standard InChI is InChI=1S/C15H23FN2O2/c16-12-5-6-14(17-11-12)15(20)7-8-18(9-10-19)13-3-1-2-4-13/h5-6,11,13,15,19-20H,1-4,7-10H2. The van der Waals surface area contributed by atoms with Gasteiger partial charge in [-0.1, -0.05) is 12.8 Å². The summed E-state index contributed by atoms with van der Waals surface area (Å²) < 4.78 is 12.8. The van der Waals surface area contributed by atoms with Gasteiger partial charge in [0.25, 0.3) is 0 Å². The van der Waals surface area contributed by atoms with E-state index in [2.05, 4.69) is 9.88 Å². The molecule has 0 aromatic carbocycles. The number of hydrogen-bond acceptors (Lipinski definition) is 4. The lowest BCUT2D eigenvalue weighted by Gasteiger charge is -2.28. The van der Waals surface area contributed by atoms with Crippen LogP contribution in [0, 0.1) is 5.82 Å². The third-order valence-electron chi connectivity index (χ3n) is 4.01. The van der Waals surface area contributed by atoms with Crippen molar-refractivity contribution in [3.63, 3.8) is 0 Å². The van der Waals surface area contributed by atoms with E-state index in [4.69, 9.17) is 5.11 Å². The van der Waals surface area contributed by atoms with Gasteiger partial charge < -0.3 is 10.2 Å². The Morgan fingerprint density at radius 1 is 1.30 bits per heavy atom. The number of aliphatic hydroxyl groups is 2. The number of aromatic nitrogens is 1. The highest BCUT2D eigenvalue weighted by molar-refractivity contribution is 5.08. The minimum Gasteiger partial charge on any atom is -0.395 e. The van der Waals surface area contributed by atoms with Crippen molar-refractivity contribution in [1.82, 2.24) is 9.88 Å². The first-order chi connectivity index (χ1) is 9.70. The van der Waals surface area contributed by atoms with E-state index in [0.29, 0.717) is 24.7 Å². The topological polar surface area (TPSA) is 56.6 Å². The molecule has 0 radical (unpaired) electrons. The van der Waals surface area contributed by atoms with Crippen molar-refractivity contribution in [3.05, 3.63) is 29.8 Å². The molecule has 1 saturated carbocycles. The summed E-state index contributed by atoms with van der Waals surface area (Å²) in [6.45, 7) is 1.51. The van der Waals surface area contributed by atoms with Gasteiger partial charge in [-0.3, -0.25) is 9.88 Å². The van der Waals surface area contributed by atoms with E-state index >= 15 is 0 Å². The van der Waals surface area contributed by atoms with Crippen LogP contribution in [0.1, 0.15) is 43.9 Å². The Labute approximate surface area is 119 Å². The van der Waals surface area contributed by atoms with Crippen LogP contribution in [0.4, 0.5) is 4.39 Å². The predicted molar refractivity (Wildman–Crippen MR) is 74.7 cm³/mol. The van der Waals surface area contributed by atoms with Crippen LogP contribution in [0.25, 0.3) is 0 Å². The first-order valence-electron chi connectivity index (χ1n) is 7.35. The van der Waals surface area contributed by atoms with Gasteiger partial charge in [-0.15, -0.1) is 0 Å². The molecule has 1 heterocycles. The lowest BCUT2D eigenvalue weighted by atomic mass is 10.1. The van der Waals surface area contributed by atoms with Crippen LogP contribution in [0.3, 0.4) is 0 Å². The van der Waals surface area contributed by atoms with Gasteiger partial charge in [-0.2, -0.15) is 0 Å². The zero-order valence-corrected chi connectivity index (χ0v) is 11.7. The number of hydrogen-bond donors (Lipinski definition) is 2. The van der Waals surface area contributed by atoms with E-state index in [9.17, 15) is 9.50 Å². The molecule has 1 aromatic heterocycles. The zero-order chi connectivity index (χ0) is 14.4. The molecule has 0 amide bonds. The number of pyridine rings is 1. The molecule has 2 rings (SSSR count). The first kappa shape index (κ1) is 15.4. The minimum absolute atomic E-state index is 0.140. The number of rotatable bonds is 7. The summed E-state index contributed by atoms with van der Waals surface area (Å²) in [6.07, 6.45) is 5.83. The largest absolute Gasteiger partial charge is 0.395 e. The van der Waals surface area contributed by atoms with Crippen molar-refractivity contribution in [1.29, 1.82) is 0 Å². The fourth-order valence-electron chi connectivity index (χ4n) is 2.90. The van der Waals surface area contributed by atoms with E-state index in [1.807, 2.05) is 0 Å². The normalized spacial score (nSPS) is 17.8. The Morgan fingerprint density at radius 3 is 2.65 bits per heavy atom.